The Morgan fingerprint density at radius 3 is 2.41 bits per heavy atom. The van der Waals surface area contributed by atoms with E-state index in [2.05, 4.69) is 5.32 Å². The van der Waals surface area contributed by atoms with Crippen LogP contribution in [0.1, 0.15) is 18.9 Å². The number of benzene rings is 2. The molecule has 0 aromatic heterocycles. The summed E-state index contributed by atoms with van der Waals surface area (Å²) in [4.78, 5) is 25.7. The van der Waals surface area contributed by atoms with Gasteiger partial charge in [0.15, 0.2) is 0 Å². The number of carbonyl (C=O) groups excluding carboxylic acids is 2. The molecule has 0 aliphatic rings. The molecule has 2 aromatic carbocycles. The van der Waals surface area contributed by atoms with E-state index in [-0.39, 0.29) is 24.8 Å². The van der Waals surface area contributed by atoms with Crippen LogP contribution in [0, 0.1) is 0 Å². The van der Waals surface area contributed by atoms with Gasteiger partial charge in [-0.15, -0.1) is 0 Å². The van der Waals surface area contributed by atoms with Gasteiger partial charge in [0.2, 0.25) is 11.8 Å². The van der Waals surface area contributed by atoms with Crippen LogP contribution in [-0.2, 0) is 16.1 Å². The molecule has 0 atom stereocenters. The molecular weight excluding hydrogens is 368 g/mol. The molecule has 0 saturated heterocycles. The lowest BCUT2D eigenvalue weighted by Crippen LogP contribution is -2.33. The van der Waals surface area contributed by atoms with Crippen molar-refractivity contribution in [1.29, 1.82) is 0 Å². The van der Waals surface area contributed by atoms with Crippen molar-refractivity contribution in [2.75, 3.05) is 25.7 Å². The maximum atomic E-state index is 12.2. The summed E-state index contributed by atoms with van der Waals surface area (Å²) in [5, 5.41) is 3.25. The summed E-state index contributed by atoms with van der Waals surface area (Å²) in [6, 6.07) is 12.6. The van der Waals surface area contributed by atoms with Crippen LogP contribution in [0.15, 0.2) is 42.5 Å². The van der Waals surface area contributed by atoms with Crippen LogP contribution in [0.4, 0.5) is 5.69 Å². The lowest BCUT2D eigenvalue weighted by atomic mass is 10.2. The Kier molecular flexibility index (Phi) is 7.49. The topological polar surface area (TPSA) is 67.9 Å². The highest BCUT2D eigenvalue weighted by Gasteiger charge is 2.15. The molecule has 0 aliphatic carbocycles. The number of ether oxygens (including phenoxy) is 2. The zero-order valence-corrected chi connectivity index (χ0v) is 16.4. The van der Waals surface area contributed by atoms with Gasteiger partial charge in [-0.1, -0.05) is 29.8 Å². The van der Waals surface area contributed by atoms with Crippen molar-refractivity contribution in [2.24, 2.45) is 0 Å². The first-order chi connectivity index (χ1) is 13.0. The minimum Gasteiger partial charge on any atom is -0.496 e. The number of hydrogen-bond acceptors (Lipinski definition) is 4. The summed E-state index contributed by atoms with van der Waals surface area (Å²) in [5.41, 5.74) is 1.50. The van der Waals surface area contributed by atoms with Gasteiger partial charge in [0.1, 0.15) is 11.5 Å². The molecule has 0 fully saturated rings. The van der Waals surface area contributed by atoms with Crippen LogP contribution in [0.25, 0.3) is 0 Å². The molecule has 7 heteroatoms. The highest BCUT2D eigenvalue weighted by Crippen LogP contribution is 2.29. The van der Waals surface area contributed by atoms with Gasteiger partial charge < -0.3 is 19.7 Å². The van der Waals surface area contributed by atoms with E-state index in [0.29, 0.717) is 23.0 Å². The van der Waals surface area contributed by atoms with E-state index in [1.54, 1.807) is 25.3 Å². The van der Waals surface area contributed by atoms with Crippen LogP contribution in [0.3, 0.4) is 0 Å². The van der Waals surface area contributed by atoms with Crippen LogP contribution < -0.4 is 19.7 Å². The molecule has 0 unspecified atom stereocenters. The average Bonchev–Trinajstić information content (AvgIpc) is 2.66. The molecule has 0 saturated carbocycles. The Hall–Kier alpha value is -2.73. The molecule has 2 amide bonds. The van der Waals surface area contributed by atoms with Crippen LogP contribution in [0.5, 0.6) is 11.5 Å². The normalized spacial score (nSPS) is 10.2. The number of amides is 2. The van der Waals surface area contributed by atoms with Crippen molar-refractivity contribution in [3.05, 3.63) is 53.1 Å². The fraction of sp³-hybridized carbons (Fsp3) is 0.300. The Bertz CT molecular complexity index is 810. The van der Waals surface area contributed by atoms with Crippen molar-refractivity contribution < 1.29 is 19.1 Å². The van der Waals surface area contributed by atoms with E-state index < -0.39 is 0 Å². The SMILES string of the molecule is COc1ccc(N(CCC(=O)NCc2ccccc2OC)C(C)=O)cc1Cl. The van der Waals surface area contributed by atoms with Crippen LogP contribution >= 0.6 is 11.6 Å². The minimum absolute atomic E-state index is 0.160. The van der Waals surface area contributed by atoms with Gasteiger partial charge in [-0.2, -0.15) is 0 Å². The number of para-hydroxylation sites is 1. The third-order valence-corrected chi connectivity index (χ3v) is 4.35. The molecule has 27 heavy (non-hydrogen) atoms. The first kappa shape index (κ1) is 20.6. The van der Waals surface area contributed by atoms with Gasteiger partial charge in [0.05, 0.1) is 19.2 Å². The van der Waals surface area contributed by atoms with Crippen molar-refractivity contribution in [1.82, 2.24) is 5.32 Å². The molecule has 2 rings (SSSR count). The number of nitrogens with zero attached hydrogens (tertiary/aromatic N) is 1. The van der Waals surface area contributed by atoms with Crippen LogP contribution in [0.2, 0.25) is 5.02 Å². The number of nitrogens with one attached hydrogen (secondary N) is 1. The summed E-state index contributed by atoms with van der Waals surface area (Å²) in [6.07, 6.45) is 0.165. The summed E-state index contributed by atoms with van der Waals surface area (Å²) in [5.74, 6) is 0.912. The van der Waals surface area contributed by atoms with Gasteiger partial charge in [-0.3, -0.25) is 9.59 Å². The maximum absolute atomic E-state index is 12.2. The Morgan fingerprint density at radius 1 is 1.07 bits per heavy atom. The van der Waals surface area contributed by atoms with Crippen LogP contribution in [-0.4, -0.2) is 32.6 Å². The predicted octanol–water partition coefficient (Wildman–Crippen LogP) is 3.42. The second-order valence-electron chi connectivity index (χ2n) is 5.83. The smallest absolute Gasteiger partial charge is 0.223 e. The first-order valence-corrected chi connectivity index (χ1v) is 8.84. The van der Waals surface area contributed by atoms with E-state index in [4.69, 9.17) is 21.1 Å². The van der Waals surface area contributed by atoms with E-state index >= 15 is 0 Å². The van der Waals surface area contributed by atoms with Gasteiger partial charge in [-0.05, 0) is 24.3 Å². The van der Waals surface area contributed by atoms with Gasteiger partial charge in [0.25, 0.3) is 0 Å². The summed E-state index contributed by atoms with van der Waals surface area (Å²) in [6.45, 7) is 2.05. The summed E-state index contributed by atoms with van der Waals surface area (Å²) < 4.78 is 10.4. The molecule has 0 radical (unpaired) electrons. The zero-order valence-electron chi connectivity index (χ0n) is 15.6. The molecular formula is C20H23ClN2O4. The van der Waals surface area contributed by atoms with E-state index in [1.807, 2.05) is 24.3 Å². The third-order valence-electron chi connectivity index (χ3n) is 4.06. The number of anilines is 1. The van der Waals surface area contributed by atoms with E-state index in [0.717, 1.165) is 11.3 Å². The molecule has 2 aromatic rings. The number of rotatable bonds is 8. The van der Waals surface area contributed by atoms with Crippen molar-refractivity contribution >= 4 is 29.1 Å². The number of hydrogen-bond donors (Lipinski definition) is 1. The highest BCUT2D eigenvalue weighted by molar-refractivity contribution is 6.32. The van der Waals surface area contributed by atoms with Crippen molar-refractivity contribution in [3.63, 3.8) is 0 Å². The molecule has 144 valence electrons. The van der Waals surface area contributed by atoms with Gasteiger partial charge in [0, 0.05) is 37.7 Å². The maximum Gasteiger partial charge on any atom is 0.223 e. The molecule has 0 bridgehead atoms. The third kappa shape index (κ3) is 5.62. The monoisotopic (exact) mass is 390 g/mol. The summed E-state index contributed by atoms with van der Waals surface area (Å²) in [7, 11) is 3.11. The Morgan fingerprint density at radius 2 is 1.78 bits per heavy atom. The summed E-state index contributed by atoms with van der Waals surface area (Å²) >= 11 is 6.13. The zero-order chi connectivity index (χ0) is 19.8. The van der Waals surface area contributed by atoms with Gasteiger partial charge in [-0.25, -0.2) is 0 Å². The predicted molar refractivity (Wildman–Crippen MR) is 105 cm³/mol. The van der Waals surface area contributed by atoms with Gasteiger partial charge >= 0.3 is 0 Å². The molecule has 6 nitrogen and oxygen atoms in total. The Labute approximate surface area is 164 Å². The number of halogens is 1. The number of carbonyl (C=O) groups is 2. The fourth-order valence-electron chi connectivity index (χ4n) is 2.64. The highest BCUT2D eigenvalue weighted by atomic mass is 35.5. The average molecular weight is 391 g/mol. The Balaban J connectivity index is 1.96. The molecule has 1 N–H and O–H groups in total. The molecule has 0 spiro atoms. The van der Waals surface area contributed by atoms with Crippen molar-refractivity contribution in [3.8, 4) is 11.5 Å². The number of methoxy groups -OCH3 is 2. The minimum atomic E-state index is -0.172. The van der Waals surface area contributed by atoms with Crippen molar-refractivity contribution in [2.45, 2.75) is 19.9 Å². The lowest BCUT2D eigenvalue weighted by molar-refractivity contribution is -0.121. The largest absolute Gasteiger partial charge is 0.496 e. The quantitative estimate of drug-likeness (QED) is 0.750. The fourth-order valence-corrected chi connectivity index (χ4v) is 2.89. The first-order valence-electron chi connectivity index (χ1n) is 8.46. The standard InChI is InChI=1S/C20H23ClN2O4/c1-14(24)23(16-8-9-19(27-3)17(21)12-16)11-10-20(25)22-13-15-6-4-5-7-18(15)26-2/h4-9,12H,10-11,13H2,1-3H3,(H,22,25). The second kappa shape index (κ2) is 9.83. The molecule has 0 heterocycles. The molecule has 0 aliphatic heterocycles. The second-order valence-corrected chi connectivity index (χ2v) is 6.24. The lowest BCUT2D eigenvalue weighted by Gasteiger charge is -2.21. The van der Waals surface area contributed by atoms with E-state index in [1.165, 1.54) is 18.9 Å². The van der Waals surface area contributed by atoms with E-state index in [9.17, 15) is 9.59 Å².